The van der Waals surface area contributed by atoms with Gasteiger partial charge in [-0.25, -0.2) is 0 Å². The Morgan fingerprint density at radius 1 is 1.03 bits per heavy atom. The monoisotopic (exact) mass is 454 g/mol. The van der Waals surface area contributed by atoms with E-state index < -0.39 is 6.10 Å². The van der Waals surface area contributed by atoms with Crippen molar-refractivity contribution in [1.82, 2.24) is 0 Å². The Balaban J connectivity index is 1.76. The first kappa shape index (κ1) is 24.9. The zero-order valence-corrected chi connectivity index (χ0v) is 22.3. The van der Waals surface area contributed by atoms with Crippen LogP contribution in [0.3, 0.4) is 0 Å². The number of ketones is 2. The van der Waals surface area contributed by atoms with Crippen LogP contribution in [-0.2, 0) is 9.59 Å². The summed E-state index contributed by atoms with van der Waals surface area (Å²) in [6.07, 6.45) is 8.79. The van der Waals surface area contributed by atoms with Gasteiger partial charge < -0.3 is 5.11 Å². The topological polar surface area (TPSA) is 54.4 Å². The molecule has 1 N–H and O–H groups in total. The fourth-order valence-electron chi connectivity index (χ4n) is 8.94. The van der Waals surface area contributed by atoms with Gasteiger partial charge in [-0.15, -0.1) is 0 Å². The number of rotatable bonds is 4. The van der Waals surface area contributed by atoms with E-state index in [4.69, 9.17) is 0 Å². The smallest absolute Gasteiger partial charge is 0.160 e. The van der Waals surface area contributed by atoms with E-state index in [1.54, 1.807) is 0 Å². The molecule has 7 atom stereocenters. The SMILES string of the molecule is CC(C)=CCC[C@@H](C)[C@H]1CC[C@@]2(C)C3=C(C(=O)C[C@]12C)[C@@]1(C)CC[C@H](O)C(C)(C)[C@H]1CC3=O. The van der Waals surface area contributed by atoms with Crippen molar-refractivity contribution in [3.05, 3.63) is 22.8 Å². The number of hydrogen-bond donors (Lipinski definition) is 1. The standard InChI is InChI=1S/C30H46O3/c1-18(2)10-9-11-19(3)20-12-15-29(7)26-21(31)16-23-27(4,5)24(33)13-14-28(23,6)25(26)22(32)17-30(20,29)8/h10,19-20,23-24,33H,9,11-17H2,1-8H3/t19-,20-,23-,24+,28+,29+,30-/m1/s1. The number of Topliss-reactive ketones (excluding diaryl/α,β-unsaturated/α-hetero) is 2. The van der Waals surface area contributed by atoms with Gasteiger partial charge in [0.25, 0.3) is 0 Å². The fourth-order valence-corrected chi connectivity index (χ4v) is 8.94. The highest BCUT2D eigenvalue weighted by Gasteiger charge is 2.67. The summed E-state index contributed by atoms with van der Waals surface area (Å²) >= 11 is 0. The van der Waals surface area contributed by atoms with Gasteiger partial charge in [-0.1, -0.05) is 53.2 Å². The second kappa shape index (κ2) is 7.90. The number of hydrogen-bond acceptors (Lipinski definition) is 3. The normalized spacial score (nSPS) is 43.0. The Hall–Kier alpha value is -1.22. The van der Waals surface area contributed by atoms with E-state index in [-0.39, 0.29) is 39.1 Å². The molecule has 0 aromatic heterocycles. The maximum absolute atomic E-state index is 14.0. The summed E-state index contributed by atoms with van der Waals surface area (Å²) < 4.78 is 0. The van der Waals surface area contributed by atoms with Crippen LogP contribution in [0, 0.1) is 39.4 Å². The molecule has 0 aromatic rings. The molecule has 0 spiro atoms. The van der Waals surface area contributed by atoms with Gasteiger partial charge in [-0.05, 0) is 81.0 Å². The van der Waals surface area contributed by atoms with E-state index in [1.165, 1.54) is 5.57 Å². The second-order valence-corrected chi connectivity index (χ2v) is 13.6. The molecule has 2 saturated carbocycles. The first-order chi connectivity index (χ1) is 15.2. The molecule has 4 rings (SSSR count). The number of carbonyl (C=O) groups excluding carboxylic acids is 2. The van der Waals surface area contributed by atoms with Gasteiger partial charge in [-0.2, -0.15) is 0 Å². The van der Waals surface area contributed by atoms with Crippen molar-refractivity contribution in [2.75, 3.05) is 0 Å². The number of carbonyl (C=O) groups is 2. The zero-order valence-electron chi connectivity index (χ0n) is 22.3. The van der Waals surface area contributed by atoms with Crippen LogP contribution in [0.15, 0.2) is 22.8 Å². The molecule has 2 fully saturated rings. The van der Waals surface area contributed by atoms with Gasteiger partial charge in [-0.3, -0.25) is 9.59 Å². The summed E-state index contributed by atoms with van der Waals surface area (Å²) in [7, 11) is 0. The third-order valence-corrected chi connectivity index (χ3v) is 11.2. The van der Waals surface area contributed by atoms with E-state index in [9.17, 15) is 14.7 Å². The minimum atomic E-state index is -0.414. The molecule has 184 valence electrons. The van der Waals surface area contributed by atoms with Crippen molar-refractivity contribution >= 4 is 11.6 Å². The molecule has 0 aromatic carbocycles. The molecule has 0 unspecified atom stereocenters. The second-order valence-electron chi connectivity index (χ2n) is 13.6. The number of fused-ring (bicyclic) bond motifs is 4. The molecule has 3 heteroatoms. The Bertz CT molecular complexity index is 919. The molecule has 4 aliphatic rings. The largest absolute Gasteiger partial charge is 0.393 e. The number of aliphatic hydroxyl groups excluding tert-OH is 1. The molecular weight excluding hydrogens is 408 g/mol. The minimum absolute atomic E-state index is 0.0251. The predicted octanol–water partition coefficient (Wildman–Crippen LogP) is 6.84. The summed E-state index contributed by atoms with van der Waals surface area (Å²) in [5, 5.41) is 10.8. The lowest BCUT2D eigenvalue weighted by molar-refractivity contribution is -0.141. The number of allylic oxidation sites excluding steroid dienone is 4. The summed E-state index contributed by atoms with van der Waals surface area (Å²) in [6.45, 7) is 17.7. The van der Waals surface area contributed by atoms with Gasteiger partial charge >= 0.3 is 0 Å². The molecule has 4 aliphatic carbocycles. The number of aliphatic hydroxyl groups is 1. The summed E-state index contributed by atoms with van der Waals surface area (Å²) in [5.74, 6) is 1.44. The Morgan fingerprint density at radius 2 is 1.70 bits per heavy atom. The average molecular weight is 455 g/mol. The summed E-state index contributed by atoms with van der Waals surface area (Å²) in [5.41, 5.74) is 2.07. The van der Waals surface area contributed by atoms with Gasteiger partial charge in [0, 0.05) is 34.8 Å². The van der Waals surface area contributed by atoms with Crippen LogP contribution in [0.1, 0.15) is 107 Å². The van der Waals surface area contributed by atoms with Crippen LogP contribution in [0.25, 0.3) is 0 Å². The molecule has 0 radical (unpaired) electrons. The van der Waals surface area contributed by atoms with E-state index in [0.29, 0.717) is 31.1 Å². The lowest BCUT2D eigenvalue weighted by atomic mass is 9.43. The first-order valence-electron chi connectivity index (χ1n) is 13.3. The van der Waals surface area contributed by atoms with Gasteiger partial charge in [0.1, 0.15) is 0 Å². The van der Waals surface area contributed by atoms with Crippen molar-refractivity contribution in [3.8, 4) is 0 Å². The van der Waals surface area contributed by atoms with Crippen LogP contribution in [-0.4, -0.2) is 22.8 Å². The van der Waals surface area contributed by atoms with Crippen molar-refractivity contribution < 1.29 is 14.7 Å². The highest BCUT2D eigenvalue weighted by molar-refractivity contribution is 6.11. The van der Waals surface area contributed by atoms with Crippen LogP contribution in [0.5, 0.6) is 0 Å². The minimum Gasteiger partial charge on any atom is -0.393 e. The predicted molar refractivity (Wildman–Crippen MR) is 134 cm³/mol. The summed E-state index contributed by atoms with van der Waals surface area (Å²) in [4.78, 5) is 27.9. The molecule has 0 amide bonds. The van der Waals surface area contributed by atoms with Crippen molar-refractivity contribution in [3.63, 3.8) is 0 Å². The van der Waals surface area contributed by atoms with Gasteiger partial charge in [0.15, 0.2) is 11.6 Å². The highest BCUT2D eigenvalue weighted by atomic mass is 16.3. The quantitative estimate of drug-likeness (QED) is 0.473. The maximum Gasteiger partial charge on any atom is 0.160 e. The molecule has 0 bridgehead atoms. The molecule has 33 heavy (non-hydrogen) atoms. The molecule has 0 aliphatic heterocycles. The third-order valence-electron chi connectivity index (χ3n) is 11.2. The van der Waals surface area contributed by atoms with Crippen molar-refractivity contribution in [2.45, 2.75) is 113 Å². The van der Waals surface area contributed by atoms with Gasteiger partial charge in [0.05, 0.1) is 6.10 Å². The zero-order chi connectivity index (χ0) is 24.6. The van der Waals surface area contributed by atoms with Crippen LogP contribution in [0.4, 0.5) is 0 Å². The Labute approximate surface area is 201 Å². The van der Waals surface area contributed by atoms with Crippen molar-refractivity contribution in [1.29, 1.82) is 0 Å². The Morgan fingerprint density at radius 3 is 2.33 bits per heavy atom. The molecule has 0 saturated heterocycles. The molecular formula is C30H46O3. The lowest BCUT2D eigenvalue weighted by Crippen LogP contribution is -2.59. The van der Waals surface area contributed by atoms with E-state index >= 15 is 0 Å². The summed E-state index contributed by atoms with van der Waals surface area (Å²) in [6, 6.07) is 0. The van der Waals surface area contributed by atoms with Crippen molar-refractivity contribution in [2.24, 2.45) is 39.4 Å². The third kappa shape index (κ3) is 3.39. The average Bonchev–Trinajstić information content (AvgIpc) is 2.97. The molecule has 0 heterocycles. The van der Waals surface area contributed by atoms with Crippen LogP contribution < -0.4 is 0 Å². The van der Waals surface area contributed by atoms with E-state index in [1.807, 2.05) is 0 Å². The fraction of sp³-hybridized carbons (Fsp3) is 0.800. The van der Waals surface area contributed by atoms with Gasteiger partial charge in [0.2, 0.25) is 0 Å². The maximum atomic E-state index is 14.0. The Kier molecular flexibility index (Phi) is 5.96. The highest BCUT2D eigenvalue weighted by Crippen LogP contribution is 2.71. The first-order valence-corrected chi connectivity index (χ1v) is 13.3. The molecule has 3 nitrogen and oxygen atoms in total. The van der Waals surface area contributed by atoms with E-state index in [2.05, 4.69) is 61.5 Å². The van der Waals surface area contributed by atoms with E-state index in [0.717, 1.165) is 43.3 Å². The van der Waals surface area contributed by atoms with Crippen LogP contribution >= 0.6 is 0 Å². The van der Waals surface area contributed by atoms with Crippen LogP contribution in [0.2, 0.25) is 0 Å². The lowest BCUT2D eigenvalue weighted by Gasteiger charge is -2.60.